The van der Waals surface area contributed by atoms with Crippen LogP contribution in [0.1, 0.15) is 41.4 Å². The quantitative estimate of drug-likeness (QED) is 0.330. The molecule has 0 spiro atoms. The largest absolute Gasteiger partial charge is 0.483 e. The Kier molecular flexibility index (Phi) is 7.07. The fraction of sp³-hybridized carbons (Fsp3) is 0.286. The van der Waals surface area contributed by atoms with E-state index in [9.17, 15) is 14.6 Å². The summed E-state index contributed by atoms with van der Waals surface area (Å²) >= 11 is 6.43. The number of rotatable bonds is 7. The van der Waals surface area contributed by atoms with Gasteiger partial charge in [0.25, 0.3) is 0 Å². The molecule has 0 saturated carbocycles. The van der Waals surface area contributed by atoms with Crippen LogP contribution < -0.4 is 4.74 Å². The summed E-state index contributed by atoms with van der Waals surface area (Å²) in [5.41, 5.74) is 3.20. The molecule has 1 aliphatic heterocycles. The summed E-state index contributed by atoms with van der Waals surface area (Å²) in [6, 6.07) is 20.0. The molecule has 2 N–H and O–H groups in total. The van der Waals surface area contributed by atoms with Crippen molar-refractivity contribution in [1.29, 1.82) is 0 Å². The molecular formula is C28H26ClFO5. The zero-order valence-corrected chi connectivity index (χ0v) is 19.7. The lowest BCUT2D eigenvalue weighted by atomic mass is 9.94. The van der Waals surface area contributed by atoms with Gasteiger partial charge in [-0.3, -0.25) is 0 Å². The van der Waals surface area contributed by atoms with Crippen LogP contribution in [-0.4, -0.2) is 29.0 Å². The van der Waals surface area contributed by atoms with Crippen molar-refractivity contribution >= 4 is 22.6 Å². The molecule has 1 aromatic heterocycles. The molecule has 182 valence electrons. The molecular weight excluding hydrogens is 471 g/mol. The highest BCUT2D eigenvalue weighted by molar-refractivity contribution is 6.31. The first-order valence-corrected chi connectivity index (χ1v) is 12.0. The summed E-state index contributed by atoms with van der Waals surface area (Å²) in [4.78, 5) is 0. The topological polar surface area (TPSA) is 72.1 Å². The standard InChI is InChI=1S/C28H26ClFO5/c29-24-7-6-19(28-14-21(32)13-22(15-31)34-28)11-20(24)9-17-5-8-27(25(30)10-17)33-16-23-12-18-3-1-2-4-26(18)35-23/h1-8,10-12,21-22,28,31-32H,9,13-16H2/t21?,22?,28-/m1/s1. The summed E-state index contributed by atoms with van der Waals surface area (Å²) in [6.45, 7) is -0.0149. The molecule has 0 amide bonds. The molecule has 1 aliphatic rings. The van der Waals surface area contributed by atoms with Gasteiger partial charge in [0.05, 0.1) is 24.9 Å². The molecule has 1 saturated heterocycles. The summed E-state index contributed by atoms with van der Waals surface area (Å²) in [5, 5.41) is 21.1. The average molecular weight is 497 g/mol. The molecule has 0 aliphatic carbocycles. The van der Waals surface area contributed by atoms with Gasteiger partial charge in [-0.05, 0) is 53.4 Å². The van der Waals surface area contributed by atoms with Crippen molar-refractivity contribution in [3.63, 3.8) is 0 Å². The van der Waals surface area contributed by atoms with Crippen LogP contribution in [0.2, 0.25) is 5.02 Å². The zero-order chi connectivity index (χ0) is 24.4. The van der Waals surface area contributed by atoms with Gasteiger partial charge in [0, 0.05) is 23.3 Å². The maximum absolute atomic E-state index is 14.8. The van der Waals surface area contributed by atoms with Crippen LogP contribution in [0.4, 0.5) is 4.39 Å². The van der Waals surface area contributed by atoms with E-state index in [-0.39, 0.29) is 25.1 Å². The van der Waals surface area contributed by atoms with Crippen molar-refractivity contribution in [2.45, 2.75) is 44.2 Å². The van der Waals surface area contributed by atoms with Crippen molar-refractivity contribution in [2.24, 2.45) is 0 Å². The van der Waals surface area contributed by atoms with E-state index in [1.807, 2.05) is 48.5 Å². The Labute approximate surface area is 207 Å². The number of aliphatic hydroxyl groups excluding tert-OH is 2. The van der Waals surface area contributed by atoms with E-state index < -0.39 is 18.0 Å². The van der Waals surface area contributed by atoms with Crippen molar-refractivity contribution in [3.05, 3.63) is 100 Å². The van der Waals surface area contributed by atoms with E-state index in [1.165, 1.54) is 6.07 Å². The Hall–Kier alpha value is -2.90. The Morgan fingerprint density at radius 2 is 1.89 bits per heavy atom. The Morgan fingerprint density at radius 1 is 1.03 bits per heavy atom. The van der Waals surface area contributed by atoms with Gasteiger partial charge >= 0.3 is 0 Å². The number of benzene rings is 3. The summed E-state index contributed by atoms with van der Waals surface area (Å²) in [5.74, 6) is 0.306. The molecule has 5 rings (SSSR count). The molecule has 7 heteroatoms. The normalized spacial score (nSPS) is 20.3. The van der Waals surface area contributed by atoms with Gasteiger partial charge < -0.3 is 24.1 Å². The maximum atomic E-state index is 14.8. The highest BCUT2D eigenvalue weighted by Crippen LogP contribution is 2.34. The number of hydrogen-bond acceptors (Lipinski definition) is 5. The third kappa shape index (κ3) is 5.52. The van der Waals surface area contributed by atoms with Gasteiger partial charge in [0.1, 0.15) is 18.0 Å². The van der Waals surface area contributed by atoms with Crippen LogP contribution in [0, 0.1) is 5.82 Å². The summed E-state index contributed by atoms with van der Waals surface area (Å²) in [7, 11) is 0. The van der Waals surface area contributed by atoms with E-state index in [0.29, 0.717) is 30.0 Å². The Morgan fingerprint density at radius 3 is 2.69 bits per heavy atom. The van der Waals surface area contributed by atoms with E-state index >= 15 is 0 Å². The third-order valence-corrected chi connectivity index (χ3v) is 6.63. The second-order valence-electron chi connectivity index (χ2n) is 8.89. The van der Waals surface area contributed by atoms with Gasteiger partial charge in [-0.1, -0.05) is 48.0 Å². The first kappa shape index (κ1) is 23.8. The predicted octanol–water partition coefficient (Wildman–Crippen LogP) is 5.97. The van der Waals surface area contributed by atoms with Crippen LogP contribution in [0.25, 0.3) is 11.0 Å². The summed E-state index contributed by atoms with van der Waals surface area (Å²) < 4.78 is 32.1. The predicted molar refractivity (Wildman–Crippen MR) is 131 cm³/mol. The van der Waals surface area contributed by atoms with Gasteiger partial charge in [0.2, 0.25) is 0 Å². The molecule has 0 bridgehead atoms. The second kappa shape index (κ2) is 10.4. The number of fused-ring (bicyclic) bond motifs is 1. The SMILES string of the molecule is OCC1CC(O)C[C@H](c2ccc(Cl)c(Cc3ccc(OCc4cc5ccccc5o4)c(F)c3)c2)O1. The molecule has 2 heterocycles. The lowest BCUT2D eigenvalue weighted by Gasteiger charge is -2.32. The fourth-order valence-electron chi connectivity index (χ4n) is 4.50. The van der Waals surface area contributed by atoms with Crippen molar-refractivity contribution < 1.29 is 28.5 Å². The van der Waals surface area contributed by atoms with Crippen LogP contribution in [-0.2, 0) is 17.8 Å². The van der Waals surface area contributed by atoms with Crippen molar-refractivity contribution in [3.8, 4) is 5.75 Å². The third-order valence-electron chi connectivity index (χ3n) is 6.26. The van der Waals surface area contributed by atoms with Crippen molar-refractivity contribution in [1.82, 2.24) is 0 Å². The number of hydrogen-bond donors (Lipinski definition) is 2. The molecule has 0 radical (unpaired) electrons. The first-order valence-electron chi connectivity index (χ1n) is 11.6. The van der Waals surface area contributed by atoms with E-state index in [2.05, 4.69) is 0 Å². The zero-order valence-electron chi connectivity index (χ0n) is 19.0. The molecule has 5 nitrogen and oxygen atoms in total. The minimum atomic E-state index is -0.536. The van der Waals surface area contributed by atoms with Crippen LogP contribution in [0.15, 0.2) is 71.1 Å². The van der Waals surface area contributed by atoms with E-state index in [1.54, 1.807) is 12.1 Å². The van der Waals surface area contributed by atoms with Crippen LogP contribution in [0.5, 0.6) is 5.75 Å². The smallest absolute Gasteiger partial charge is 0.165 e. The molecule has 4 aromatic rings. The highest BCUT2D eigenvalue weighted by Gasteiger charge is 2.29. The molecule has 1 fully saturated rings. The van der Waals surface area contributed by atoms with E-state index in [0.717, 1.165) is 27.7 Å². The van der Waals surface area contributed by atoms with Gasteiger partial charge in [-0.2, -0.15) is 0 Å². The van der Waals surface area contributed by atoms with Crippen LogP contribution in [0.3, 0.4) is 0 Å². The van der Waals surface area contributed by atoms with Gasteiger partial charge in [-0.15, -0.1) is 0 Å². The Balaban J connectivity index is 1.27. The maximum Gasteiger partial charge on any atom is 0.165 e. The summed E-state index contributed by atoms with van der Waals surface area (Å²) in [6.07, 6.45) is 0.0144. The molecule has 3 aromatic carbocycles. The number of halogens is 2. The van der Waals surface area contributed by atoms with Gasteiger partial charge in [0.15, 0.2) is 11.6 Å². The number of aliphatic hydroxyl groups is 2. The first-order chi connectivity index (χ1) is 17.0. The highest BCUT2D eigenvalue weighted by atomic mass is 35.5. The number of para-hydroxylation sites is 1. The minimum Gasteiger partial charge on any atom is -0.483 e. The lowest BCUT2D eigenvalue weighted by molar-refractivity contribution is -0.113. The van der Waals surface area contributed by atoms with Crippen LogP contribution >= 0.6 is 11.6 Å². The van der Waals surface area contributed by atoms with Gasteiger partial charge in [-0.25, -0.2) is 4.39 Å². The minimum absolute atomic E-state index is 0.126. The molecule has 35 heavy (non-hydrogen) atoms. The van der Waals surface area contributed by atoms with Crippen molar-refractivity contribution in [2.75, 3.05) is 6.61 Å². The number of ether oxygens (including phenoxy) is 2. The molecule has 2 unspecified atom stereocenters. The fourth-order valence-corrected chi connectivity index (χ4v) is 4.69. The monoisotopic (exact) mass is 496 g/mol. The molecule has 3 atom stereocenters. The average Bonchev–Trinajstić information content (AvgIpc) is 3.27. The van der Waals surface area contributed by atoms with E-state index in [4.69, 9.17) is 25.5 Å². The second-order valence-corrected chi connectivity index (χ2v) is 9.29. The number of furan rings is 1. The Bertz CT molecular complexity index is 1290. The lowest BCUT2D eigenvalue weighted by Crippen LogP contribution is -2.33.